The van der Waals surface area contributed by atoms with Gasteiger partial charge in [-0.25, -0.2) is 4.68 Å². The van der Waals surface area contributed by atoms with Crippen LogP contribution in [0.1, 0.15) is 18.4 Å². The number of hydrogen-bond acceptors (Lipinski definition) is 3. The molecular weight excluding hydrogens is 372 g/mol. The average Bonchev–Trinajstić information content (AvgIpc) is 3.13. The van der Waals surface area contributed by atoms with Gasteiger partial charge in [0.25, 0.3) is 0 Å². The Morgan fingerprint density at radius 3 is 2.61 bits per heavy atom. The summed E-state index contributed by atoms with van der Waals surface area (Å²) in [6.45, 7) is 1.40. The molecule has 1 fully saturated rings. The molecule has 2 heterocycles. The zero-order valence-electron chi connectivity index (χ0n) is 15.6. The second kappa shape index (κ2) is 8.17. The van der Waals surface area contributed by atoms with E-state index >= 15 is 0 Å². The van der Waals surface area contributed by atoms with Crippen molar-refractivity contribution in [3.8, 4) is 16.9 Å². The van der Waals surface area contributed by atoms with Crippen LogP contribution in [0.25, 0.3) is 16.9 Å². The van der Waals surface area contributed by atoms with Crippen LogP contribution >= 0.6 is 11.6 Å². The van der Waals surface area contributed by atoms with Crippen LogP contribution in [0.4, 0.5) is 0 Å². The zero-order valence-corrected chi connectivity index (χ0v) is 16.3. The zero-order chi connectivity index (χ0) is 19.5. The molecule has 1 aromatic heterocycles. The molecule has 1 amide bonds. The fraction of sp³-hybridized carbons (Fsp3) is 0.273. The van der Waals surface area contributed by atoms with E-state index in [1.54, 1.807) is 0 Å². The molecule has 0 bridgehead atoms. The average molecular weight is 395 g/mol. The summed E-state index contributed by atoms with van der Waals surface area (Å²) in [6.07, 6.45) is 4.19. The number of nitrogens with two attached hydrogens (primary N) is 1. The van der Waals surface area contributed by atoms with Crippen molar-refractivity contribution < 1.29 is 4.79 Å². The van der Waals surface area contributed by atoms with Gasteiger partial charge in [0.2, 0.25) is 5.91 Å². The largest absolute Gasteiger partial charge is 0.341 e. The third-order valence-electron chi connectivity index (χ3n) is 5.08. The Balaban J connectivity index is 1.67. The standard InChI is InChI=1S/C22H23ClN4O/c23-18-10-8-16(9-11-18)22-17(13-21(28)26-12-4-5-19(24)15-26)14-27(25-22)20-6-2-1-3-7-20/h1-3,6-11,14,19H,4-5,12-13,15,24H2. The Bertz CT molecular complexity index is 952. The van der Waals surface area contributed by atoms with E-state index in [1.165, 1.54) is 0 Å². The van der Waals surface area contributed by atoms with E-state index in [0.29, 0.717) is 18.0 Å². The van der Waals surface area contributed by atoms with E-state index in [1.807, 2.05) is 70.4 Å². The number of aromatic nitrogens is 2. The van der Waals surface area contributed by atoms with Crippen molar-refractivity contribution in [2.24, 2.45) is 5.73 Å². The lowest BCUT2D eigenvalue weighted by atomic mass is 10.0. The number of amides is 1. The van der Waals surface area contributed by atoms with Crippen LogP contribution in [0.15, 0.2) is 60.8 Å². The highest BCUT2D eigenvalue weighted by Gasteiger charge is 2.23. The number of hydrogen-bond donors (Lipinski definition) is 1. The van der Waals surface area contributed by atoms with Crippen LogP contribution in [-0.4, -0.2) is 39.7 Å². The third-order valence-corrected chi connectivity index (χ3v) is 5.33. The lowest BCUT2D eigenvalue weighted by Crippen LogP contribution is -2.46. The topological polar surface area (TPSA) is 64.2 Å². The monoisotopic (exact) mass is 394 g/mol. The fourth-order valence-corrected chi connectivity index (χ4v) is 3.74. The second-order valence-electron chi connectivity index (χ2n) is 7.21. The Kier molecular flexibility index (Phi) is 5.46. The summed E-state index contributed by atoms with van der Waals surface area (Å²) in [5.41, 5.74) is 9.65. The van der Waals surface area contributed by atoms with Crippen LogP contribution in [0, 0.1) is 0 Å². The number of rotatable bonds is 4. The van der Waals surface area contributed by atoms with Crippen molar-refractivity contribution in [1.29, 1.82) is 0 Å². The molecular formula is C22H23ClN4O. The van der Waals surface area contributed by atoms with Gasteiger partial charge in [-0.1, -0.05) is 41.9 Å². The number of carbonyl (C=O) groups is 1. The summed E-state index contributed by atoms with van der Waals surface area (Å²) in [7, 11) is 0. The smallest absolute Gasteiger partial charge is 0.227 e. The molecule has 1 unspecified atom stereocenters. The lowest BCUT2D eigenvalue weighted by Gasteiger charge is -2.30. The molecule has 6 heteroatoms. The SMILES string of the molecule is NC1CCCN(C(=O)Cc2cn(-c3ccccc3)nc2-c2ccc(Cl)cc2)C1. The minimum absolute atomic E-state index is 0.0699. The molecule has 2 N–H and O–H groups in total. The van der Waals surface area contributed by atoms with E-state index in [9.17, 15) is 4.79 Å². The minimum Gasteiger partial charge on any atom is -0.341 e. The Morgan fingerprint density at radius 2 is 1.89 bits per heavy atom. The van der Waals surface area contributed by atoms with Crippen LogP contribution in [0.3, 0.4) is 0 Å². The summed E-state index contributed by atoms with van der Waals surface area (Å²) < 4.78 is 1.83. The Labute approximate surface area is 169 Å². The molecule has 5 nitrogen and oxygen atoms in total. The summed E-state index contributed by atoms with van der Waals surface area (Å²) in [4.78, 5) is 14.8. The number of benzene rings is 2. The molecule has 1 saturated heterocycles. The number of carbonyl (C=O) groups excluding carboxylic acids is 1. The number of likely N-dealkylation sites (tertiary alicyclic amines) is 1. The van der Waals surface area contributed by atoms with Crippen LogP contribution in [0.2, 0.25) is 5.02 Å². The summed E-state index contributed by atoms with van der Waals surface area (Å²) >= 11 is 6.04. The molecule has 0 saturated carbocycles. The molecule has 0 aliphatic carbocycles. The van der Waals surface area contributed by atoms with Crippen molar-refractivity contribution >= 4 is 17.5 Å². The first kappa shape index (κ1) is 18.7. The van der Waals surface area contributed by atoms with Crippen LogP contribution in [-0.2, 0) is 11.2 Å². The highest BCUT2D eigenvalue weighted by molar-refractivity contribution is 6.30. The maximum absolute atomic E-state index is 12.9. The number of piperidine rings is 1. The molecule has 2 aromatic carbocycles. The van der Waals surface area contributed by atoms with Crippen molar-refractivity contribution in [3.05, 3.63) is 71.4 Å². The van der Waals surface area contributed by atoms with Crippen molar-refractivity contribution in [3.63, 3.8) is 0 Å². The molecule has 144 valence electrons. The van der Waals surface area contributed by atoms with E-state index in [4.69, 9.17) is 22.4 Å². The van der Waals surface area contributed by atoms with E-state index in [-0.39, 0.29) is 11.9 Å². The van der Waals surface area contributed by atoms with Gasteiger partial charge >= 0.3 is 0 Å². The Hall–Kier alpha value is -2.63. The molecule has 3 aromatic rings. The highest BCUT2D eigenvalue weighted by atomic mass is 35.5. The minimum atomic E-state index is 0.0699. The van der Waals surface area contributed by atoms with Gasteiger partial charge in [0.15, 0.2) is 0 Å². The first-order valence-electron chi connectivity index (χ1n) is 9.53. The lowest BCUT2D eigenvalue weighted by molar-refractivity contribution is -0.131. The van der Waals surface area contributed by atoms with Gasteiger partial charge in [-0.2, -0.15) is 5.10 Å². The van der Waals surface area contributed by atoms with Gasteiger partial charge in [0.05, 0.1) is 17.8 Å². The van der Waals surface area contributed by atoms with Crippen molar-refractivity contribution in [1.82, 2.24) is 14.7 Å². The van der Waals surface area contributed by atoms with E-state index in [2.05, 4.69) is 0 Å². The van der Waals surface area contributed by atoms with Crippen LogP contribution in [0.5, 0.6) is 0 Å². The molecule has 4 rings (SSSR count). The van der Waals surface area contributed by atoms with Crippen molar-refractivity contribution in [2.75, 3.05) is 13.1 Å². The predicted octanol–water partition coefficient (Wildman–Crippen LogP) is 3.68. The molecule has 1 aliphatic rings. The fourth-order valence-electron chi connectivity index (χ4n) is 3.61. The van der Waals surface area contributed by atoms with Gasteiger partial charge in [0, 0.05) is 41.5 Å². The van der Waals surface area contributed by atoms with Gasteiger partial charge in [-0.3, -0.25) is 4.79 Å². The first-order valence-corrected chi connectivity index (χ1v) is 9.91. The quantitative estimate of drug-likeness (QED) is 0.734. The van der Waals surface area contributed by atoms with E-state index in [0.717, 1.165) is 41.9 Å². The number of halogens is 1. The summed E-state index contributed by atoms with van der Waals surface area (Å²) in [5.74, 6) is 0.0953. The first-order chi connectivity index (χ1) is 13.6. The maximum atomic E-state index is 12.9. The van der Waals surface area contributed by atoms with Gasteiger partial charge < -0.3 is 10.6 Å². The maximum Gasteiger partial charge on any atom is 0.227 e. The third kappa shape index (κ3) is 4.11. The summed E-state index contributed by atoms with van der Waals surface area (Å²) in [5, 5.41) is 5.44. The number of nitrogens with zero attached hydrogens (tertiary/aromatic N) is 3. The van der Waals surface area contributed by atoms with Gasteiger partial charge in [-0.05, 0) is 37.1 Å². The van der Waals surface area contributed by atoms with Crippen molar-refractivity contribution in [2.45, 2.75) is 25.3 Å². The molecule has 1 aliphatic heterocycles. The second-order valence-corrected chi connectivity index (χ2v) is 7.65. The number of para-hydroxylation sites is 1. The summed E-state index contributed by atoms with van der Waals surface area (Å²) in [6, 6.07) is 17.5. The molecule has 0 spiro atoms. The van der Waals surface area contributed by atoms with Crippen LogP contribution < -0.4 is 5.73 Å². The Morgan fingerprint density at radius 1 is 1.14 bits per heavy atom. The van der Waals surface area contributed by atoms with Gasteiger partial charge in [0.1, 0.15) is 0 Å². The molecule has 0 radical (unpaired) electrons. The molecule has 1 atom stereocenters. The normalized spacial score (nSPS) is 16.9. The van der Waals surface area contributed by atoms with Gasteiger partial charge in [-0.15, -0.1) is 0 Å². The van der Waals surface area contributed by atoms with E-state index < -0.39 is 0 Å². The predicted molar refractivity (Wildman–Crippen MR) is 112 cm³/mol. The molecule has 28 heavy (non-hydrogen) atoms. The highest BCUT2D eigenvalue weighted by Crippen LogP contribution is 2.26.